The Hall–Kier alpha value is -1.31. The van der Waals surface area contributed by atoms with Crippen LogP contribution in [0.2, 0.25) is 0 Å². The summed E-state index contributed by atoms with van der Waals surface area (Å²) >= 11 is 3.84. The molecule has 0 saturated heterocycles. The lowest BCUT2D eigenvalue weighted by atomic mass is 10.0. The number of nitro groups is 1. The summed E-state index contributed by atoms with van der Waals surface area (Å²) in [5, 5.41) is 29.9. The van der Waals surface area contributed by atoms with Gasteiger partial charge in [-0.2, -0.15) is 12.6 Å². The average Bonchev–Trinajstić information content (AvgIpc) is 2.35. The predicted molar refractivity (Wildman–Crippen MR) is 64.5 cm³/mol. The summed E-state index contributed by atoms with van der Waals surface area (Å²) in [6.45, 7) is 0. The molecule has 0 bridgehead atoms. The second-order valence-electron chi connectivity index (χ2n) is 3.38. The maximum Gasteiger partial charge on any atom is 0.311 e. The Labute approximate surface area is 103 Å². The van der Waals surface area contributed by atoms with Gasteiger partial charge in [0.1, 0.15) is 6.10 Å². The lowest BCUT2D eigenvalue weighted by Crippen LogP contribution is -2.19. The van der Waals surface area contributed by atoms with E-state index in [0.29, 0.717) is 0 Å². The van der Waals surface area contributed by atoms with E-state index >= 15 is 0 Å². The van der Waals surface area contributed by atoms with Crippen LogP contribution in [0.1, 0.15) is 11.7 Å². The van der Waals surface area contributed by atoms with Gasteiger partial charge in [0.2, 0.25) is 0 Å². The number of ether oxygens (including phenoxy) is 1. The van der Waals surface area contributed by atoms with Gasteiger partial charge in [-0.3, -0.25) is 10.1 Å². The average molecular weight is 259 g/mol. The van der Waals surface area contributed by atoms with Crippen LogP contribution in [0.5, 0.6) is 5.75 Å². The lowest BCUT2D eigenvalue weighted by molar-refractivity contribution is -0.385. The highest BCUT2D eigenvalue weighted by Crippen LogP contribution is 2.30. The van der Waals surface area contributed by atoms with Crippen LogP contribution >= 0.6 is 12.6 Å². The summed E-state index contributed by atoms with van der Waals surface area (Å²) in [6.07, 6.45) is -2.29. The molecule has 0 aromatic heterocycles. The van der Waals surface area contributed by atoms with Crippen molar-refractivity contribution in [3.63, 3.8) is 0 Å². The normalized spacial score (nSPS) is 14.1. The first-order chi connectivity index (χ1) is 8.01. The molecule has 0 radical (unpaired) electrons. The van der Waals surface area contributed by atoms with E-state index in [4.69, 9.17) is 4.74 Å². The van der Waals surface area contributed by atoms with Crippen molar-refractivity contribution in [3.8, 4) is 5.75 Å². The minimum atomic E-state index is -1.21. The predicted octanol–water partition coefficient (Wildman–Crippen LogP) is 0.927. The zero-order valence-corrected chi connectivity index (χ0v) is 10.0. The van der Waals surface area contributed by atoms with Crippen molar-refractivity contribution in [1.29, 1.82) is 0 Å². The maximum absolute atomic E-state index is 10.8. The number of rotatable bonds is 5. The molecule has 0 spiro atoms. The van der Waals surface area contributed by atoms with Crippen molar-refractivity contribution in [2.75, 3.05) is 12.9 Å². The molecular weight excluding hydrogens is 246 g/mol. The van der Waals surface area contributed by atoms with Gasteiger partial charge < -0.3 is 14.9 Å². The number of nitrogens with zero attached hydrogens (tertiary/aromatic N) is 1. The van der Waals surface area contributed by atoms with E-state index in [0.717, 1.165) is 0 Å². The van der Waals surface area contributed by atoms with Crippen LogP contribution in [0.3, 0.4) is 0 Å². The molecule has 0 saturated carbocycles. The standard InChI is InChI=1S/C10H13NO5S/c1-16-9-3-2-6(4-7(9)11(14)15)10(13)8(12)5-17/h2-4,8,10,12-13,17H,5H2,1H3. The minimum Gasteiger partial charge on any atom is -0.490 e. The first-order valence-corrected chi connectivity index (χ1v) is 5.43. The molecule has 0 amide bonds. The number of hydrogen-bond donors (Lipinski definition) is 3. The fraction of sp³-hybridized carbons (Fsp3) is 0.400. The van der Waals surface area contributed by atoms with Gasteiger partial charge in [-0.05, 0) is 11.6 Å². The monoisotopic (exact) mass is 259 g/mol. The van der Waals surface area contributed by atoms with Gasteiger partial charge in [0.25, 0.3) is 0 Å². The highest BCUT2D eigenvalue weighted by atomic mass is 32.1. The highest BCUT2D eigenvalue weighted by molar-refractivity contribution is 7.80. The molecule has 0 aliphatic carbocycles. The van der Waals surface area contributed by atoms with Gasteiger partial charge in [-0.25, -0.2) is 0 Å². The van der Waals surface area contributed by atoms with Gasteiger partial charge in [0.05, 0.1) is 18.1 Å². The third-order valence-electron chi connectivity index (χ3n) is 2.29. The zero-order chi connectivity index (χ0) is 13.0. The number of thiol groups is 1. The van der Waals surface area contributed by atoms with Crippen molar-refractivity contribution < 1.29 is 19.9 Å². The van der Waals surface area contributed by atoms with Crippen LogP contribution in [0.4, 0.5) is 5.69 Å². The smallest absolute Gasteiger partial charge is 0.311 e. The molecule has 0 fully saturated rings. The van der Waals surface area contributed by atoms with E-state index in [1.54, 1.807) is 0 Å². The van der Waals surface area contributed by atoms with Crippen molar-refractivity contribution in [2.45, 2.75) is 12.2 Å². The minimum absolute atomic E-state index is 0.0565. The van der Waals surface area contributed by atoms with Gasteiger partial charge in [-0.15, -0.1) is 0 Å². The van der Waals surface area contributed by atoms with Crippen LogP contribution in [0, 0.1) is 10.1 Å². The van der Waals surface area contributed by atoms with Crippen LogP contribution < -0.4 is 4.74 Å². The second-order valence-corrected chi connectivity index (χ2v) is 3.75. The number of nitro benzene ring substituents is 1. The van der Waals surface area contributed by atoms with E-state index in [9.17, 15) is 20.3 Å². The molecule has 2 N–H and O–H groups in total. The van der Waals surface area contributed by atoms with E-state index < -0.39 is 17.1 Å². The molecule has 1 aromatic carbocycles. The van der Waals surface area contributed by atoms with Crippen LogP contribution in [-0.4, -0.2) is 34.1 Å². The van der Waals surface area contributed by atoms with Crippen molar-refractivity contribution in [1.82, 2.24) is 0 Å². The van der Waals surface area contributed by atoms with Crippen LogP contribution in [0.25, 0.3) is 0 Å². The molecule has 1 aromatic rings. The highest BCUT2D eigenvalue weighted by Gasteiger charge is 2.22. The number of hydrogen-bond acceptors (Lipinski definition) is 6. The van der Waals surface area contributed by atoms with E-state index in [-0.39, 0.29) is 22.8 Å². The second kappa shape index (κ2) is 5.85. The van der Waals surface area contributed by atoms with Gasteiger partial charge in [0.15, 0.2) is 5.75 Å². The Morgan fingerprint density at radius 3 is 2.65 bits per heavy atom. The fourth-order valence-corrected chi connectivity index (χ4v) is 1.56. The van der Waals surface area contributed by atoms with Gasteiger partial charge in [0, 0.05) is 11.8 Å². The topological polar surface area (TPSA) is 92.8 Å². The first-order valence-electron chi connectivity index (χ1n) is 4.80. The molecule has 17 heavy (non-hydrogen) atoms. The number of aliphatic hydroxyl groups excluding tert-OH is 2. The summed E-state index contributed by atoms with van der Waals surface area (Å²) in [4.78, 5) is 10.2. The molecule has 0 aliphatic heterocycles. The molecular formula is C10H13NO5S. The fourth-order valence-electron chi connectivity index (χ4n) is 1.36. The maximum atomic E-state index is 10.8. The van der Waals surface area contributed by atoms with Gasteiger partial charge in [-0.1, -0.05) is 6.07 Å². The Morgan fingerprint density at radius 1 is 1.53 bits per heavy atom. The largest absolute Gasteiger partial charge is 0.490 e. The van der Waals surface area contributed by atoms with Crippen molar-refractivity contribution in [3.05, 3.63) is 33.9 Å². The summed E-state index contributed by atoms with van der Waals surface area (Å²) in [5.74, 6) is 0.160. The third kappa shape index (κ3) is 3.09. The quantitative estimate of drug-likeness (QED) is 0.415. The number of benzene rings is 1. The van der Waals surface area contributed by atoms with E-state index in [2.05, 4.69) is 12.6 Å². The van der Waals surface area contributed by atoms with Crippen molar-refractivity contribution in [2.24, 2.45) is 0 Å². The summed E-state index contributed by atoms with van der Waals surface area (Å²) in [6, 6.07) is 4.02. The molecule has 6 nitrogen and oxygen atoms in total. The summed E-state index contributed by atoms with van der Waals surface area (Å²) < 4.78 is 4.83. The van der Waals surface area contributed by atoms with Gasteiger partial charge >= 0.3 is 5.69 Å². The molecule has 1 rings (SSSR count). The first kappa shape index (κ1) is 13.8. The van der Waals surface area contributed by atoms with Crippen molar-refractivity contribution >= 4 is 18.3 Å². The number of aliphatic hydroxyl groups is 2. The Balaban J connectivity index is 3.12. The van der Waals surface area contributed by atoms with Crippen LogP contribution in [0.15, 0.2) is 18.2 Å². The zero-order valence-electron chi connectivity index (χ0n) is 9.11. The molecule has 0 heterocycles. The molecule has 7 heteroatoms. The van der Waals surface area contributed by atoms with E-state index in [1.165, 1.54) is 25.3 Å². The molecule has 94 valence electrons. The molecule has 2 unspecified atom stereocenters. The van der Waals surface area contributed by atoms with Crippen LogP contribution in [-0.2, 0) is 0 Å². The Morgan fingerprint density at radius 2 is 2.18 bits per heavy atom. The van der Waals surface area contributed by atoms with E-state index in [1.807, 2.05) is 0 Å². The third-order valence-corrected chi connectivity index (χ3v) is 2.67. The summed E-state index contributed by atoms with van der Waals surface area (Å²) in [7, 11) is 1.32. The SMILES string of the molecule is COc1ccc(C(O)C(O)CS)cc1[N+](=O)[O-]. The molecule has 0 aliphatic rings. The molecule has 2 atom stereocenters. The Bertz CT molecular complexity index is 412. The Kier molecular flexibility index (Phi) is 4.73. The number of methoxy groups -OCH3 is 1. The summed E-state index contributed by atoms with van der Waals surface area (Å²) in [5.41, 5.74) is -0.00513. The lowest BCUT2D eigenvalue weighted by Gasteiger charge is -2.16.